The molecule has 1 aromatic carbocycles. The first-order valence-corrected chi connectivity index (χ1v) is 4.61. The van der Waals surface area contributed by atoms with E-state index in [4.69, 9.17) is 5.26 Å². The zero-order chi connectivity index (χ0) is 11.6. The predicted octanol–water partition coefficient (Wildman–Crippen LogP) is 3.24. The molecule has 0 spiro atoms. The summed E-state index contributed by atoms with van der Waals surface area (Å²) in [4.78, 5) is 0. The lowest BCUT2D eigenvalue weighted by Gasteiger charge is -2.11. The van der Waals surface area contributed by atoms with Crippen molar-refractivity contribution >= 4 is 15.9 Å². The molecule has 0 unspecified atom stereocenters. The molecular weight excluding hydrogens is 275 g/mol. The topological polar surface area (TPSA) is 44.0 Å². The molecule has 0 atom stereocenters. The Balaban J connectivity index is 3.29. The van der Waals surface area contributed by atoms with E-state index in [1.54, 1.807) is 6.07 Å². The number of nitrogens with zero attached hydrogens (tertiary/aromatic N) is 1. The van der Waals surface area contributed by atoms with Crippen molar-refractivity contribution < 1.29 is 18.3 Å². The first-order chi connectivity index (χ1) is 6.88. The van der Waals surface area contributed by atoms with Gasteiger partial charge in [0.25, 0.3) is 0 Å². The number of phenolic OH excluding ortho intramolecular Hbond substituents is 1. The molecule has 0 aliphatic carbocycles. The molecule has 2 nitrogen and oxygen atoms in total. The van der Waals surface area contributed by atoms with Crippen molar-refractivity contribution in [3.8, 4) is 11.8 Å². The van der Waals surface area contributed by atoms with E-state index in [1.165, 1.54) is 0 Å². The highest BCUT2D eigenvalue weighted by molar-refractivity contribution is 9.10. The molecular formula is C9H5BrF3NO. The van der Waals surface area contributed by atoms with Crippen LogP contribution in [-0.4, -0.2) is 5.11 Å². The number of benzene rings is 1. The third-order valence-corrected chi connectivity index (χ3v) is 2.66. The van der Waals surface area contributed by atoms with Gasteiger partial charge in [-0.2, -0.15) is 18.4 Å². The normalized spacial score (nSPS) is 11.1. The van der Waals surface area contributed by atoms with Gasteiger partial charge >= 0.3 is 6.18 Å². The first kappa shape index (κ1) is 11.9. The van der Waals surface area contributed by atoms with E-state index in [2.05, 4.69) is 15.9 Å². The van der Waals surface area contributed by atoms with Crippen LogP contribution < -0.4 is 0 Å². The number of alkyl halides is 3. The molecule has 0 saturated heterocycles. The van der Waals surface area contributed by atoms with Gasteiger partial charge in [-0.05, 0) is 27.6 Å². The number of hydrogen-bond donors (Lipinski definition) is 1. The molecule has 0 radical (unpaired) electrons. The maximum absolute atomic E-state index is 12.3. The molecule has 0 amide bonds. The summed E-state index contributed by atoms with van der Waals surface area (Å²) >= 11 is 2.82. The van der Waals surface area contributed by atoms with Crippen LogP contribution in [0.15, 0.2) is 16.6 Å². The van der Waals surface area contributed by atoms with Crippen molar-refractivity contribution in [2.75, 3.05) is 0 Å². The van der Waals surface area contributed by atoms with E-state index in [9.17, 15) is 18.3 Å². The fourth-order valence-electron chi connectivity index (χ4n) is 1.06. The molecule has 1 rings (SSSR count). The fraction of sp³-hybridized carbons (Fsp3) is 0.222. The smallest absolute Gasteiger partial charge is 0.419 e. The summed E-state index contributed by atoms with van der Waals surface area (Å²) in [5.74, 6) is -0.879. The number of nitriles is 1. The fourth-order valence-corrected chi connectivity index (χ4v) is 1.54. The Labute approximate surface area is 92.1 Å². The summed E-state index contributed by atoms with van der Waals surface area (Å²) in [5, 5.41) is 17.7. The number of phenols is 1. The van der Waals surface area contributed by atoms with Crippen LogP contribution in [0.1, 0.15) is 11.1 Å². The molecule has 6 heteroatoms. The van der Waals surface area contributed by atoms with Crippen molar-refractivity contribution in [3.63, 3.8) is 0 Å². The highest BCUT2D eigenvalue weighted by atomic mass is 79.9. The minimum Gasteiger partial charge on any atom is -0.506 e. The van der Waals surface area contributed by atoms with Gasteiger partial charge in [-0.25, -0.2) is 0 Å². The highest BCUT2D eigenvalue weighted by Crippen LogP contribution is 2.40. The van der Waals surface area contributed by atoms with Gasteiger partial charge in [0.05, 0.1) is 22.5 Å². The summed E-state index contributed by atoms with van der Waals surface area (Å²) in [6, 6.07) is 3.71. The Hall–Kier alpha value is -1.22. The largest absolute Gasteiger partial charge is 0.506 e. The van der Waals surface area contributed by atoms with Crippen molar-refractivity contribution in [3.05, 3.63) is 27.7 Å². The second-order valence-electron chi connectivity index (χ2n) is 2.77. The van der Waals surface area contributed by atoms with Crippen LogP contribution in [-0.2, 0) is 12.6 Å². The van der Waals surface area contributed by atoms with E-state index < -0.39 is 17.5 Å². The molecule has 0 aliphatic heterocycles. The Morgan fingerprint density at radius 1 is 1.40 bits per heavy atom. The zero-order valence-electron chi connectivity index (χ0n) is 7.27. The Kier molecular flexibility index (Phi) is 3.25. The van der Waals surface area contributed by atoms with Gasteiger partial charge in [0.1, 0.15) is 5.75 Å². The van der Waals surface area contributed by atoms with Gasteiger partial charge in [-0.1, -0.05) is 6.07 Å². The van der Waals surface area contributed by atoms with E-state index >= 15 is 0 Å². The van der Waals surface area contributed by atoms with Crippen LogP contribution in [0.4, 0.5) is 13.2 Å². The SMILES string of the molecule is N#CCc1ccc(C(F)(F)F)c(O)c1Br. The van der Waals surface area contributed by atoms with Gasteiger partial charge < -0.3 is 5.11 Å². The molecule has 1 N–H and O–H groups in total. The van der Waals surface area contributed by atoms with E-state index in [0.29, 0.717) is 5.56 Å². The molecule has 0 fully saturated rings. The average molecular weight is 280 g/mol. The minimum atomic E-state index is -4.60. The quantitative estimate of drug-likeness (QED) is 0.858. The summed E-state index contributed by atoms with van der Waals surface area (Å²) in [7, 11) is 0. The number of hydrogen-bond acceptors (Lipinski definition) is 2. The van der Waals surface area contributed by atoms with Crippen LogP contribution in [0.25, 0.3) is 0 Å². The number of halogens is 4. The molecule has 80 valence electrons. The van der Waals surface area contributed by atoms with Crippen LogP contribution in [0.3, 0.4) is 0 Å². The Bertz CT molecular complexity index is 423. The van der Waals surface area contributed by atoms with Gasteiger partial charge in [-0.3, -0.25) is 0 Å². The molecule has 0 saturated carbocycles. The van der Waals surface area contributed by atoms with Gasteiger partial charge in [0.15, 0.2) is 0 Å². The van der Waals surface area contributed by atoms with Crippen LogP contribution >= 0.6 is 15.9 Å². The van der Waals surface area contributed by atoms with E-state index in [-0.39, 0.29) is 10.9 Å². The predicted molar refractivity (Wildman–Crippen MR) is 50.1 cm³/mol. The van der Waals surface area contributed by atoms with Crippen molar-refractivity contribution in [1.82, 2.24) is 0 Å². The van der Waals surface area contributed by atoms with Crippen LogP contribution in [0.5, 0.6) is 5.75 Å². The van der Waals surface area contributed by atoms with E-state index in [1.807, 2.05) is 0 Å². The Morgan fingerprint density at radius 2 is 2.00 bits per heavy atom. The van der Waals surface area contributed by atoms with Crippen LogP contribution in [0, 0.1) is 11.3 Å². The standard InChI is InChI=1S/C9H5BrF3NO/c10-7-5(3-4-14)1-2-6(8(7)15)9(11,12)13/h1-2,15H,3H2. The van der Waals surface area contributed by atoms with Gasteiger partial charge in [-0.15, -0.1) is 0 Å². The second-order valence-corrected chi connectivity index (χ2v) is 3.56. The average Bonchev–Trinajstić information content (AvgIpc) is 2.11. The Morgan fingerprint density at radius 3 is 2.47 bits per heavy atom. The maximum atomic E-state index is 12.3. The van der Waals surface area contributed by atoms with Gasteiger partial charge in [0, 0.05) is 0 Å². The molecule has 0 heterocycles. The molecule has 0 bridgehead atoms. The van der Waals surface area contributed by atoms with Crippen molar-refractivity contribution in [1.29, 1.82) is 5.26 Å². The van der Waals surface area contributed by atoms with Crippen molar-refractivity contribution in [2.24, 2.45) is 0 Å². The lowest BCUT2D eigenvalue weighted by molar-refractivity contribution is -0.138. The lowest BCUT2D eigenvalue weighted by Crippen LogP contribution is -2.06. The minimum absolute atomic E-state index is 0.0632. The molecule has 0 aliphatic rings. The van der Waals surface area contributed by atoms with Crippen LogP contribution in [0.2, 0.25) is 0 Å². The third-order valence-electron chi connectivity index (χ3n) is 1.77. The monoisotopic (exact) mass is 279 g/mol. The van der Waals surface area contributed by atoms with Crippen molar-refractivity contribution in [2.45, 2.75) is 12.6 Å². The molecule has 0 aromatic heterocycles. The summed E-state index contributed by atoms with van der Waals surface area (Å²) < 4.78 is 36.8. The summed E-state index contributed by atoms with van der Waals surface area (Å²) in [5.41, 5.74) is -0.793. The number of aromatic hydroxyl groups is 1. The molecule has 1 aromatic rings. The maximum Gasteiger partial charge on any atom is 0.419 e. The first-order valence-electron chi connectivity index (χ1n) is 3.82. The summed E-state index contributed by atoms with van der Waals surface area (Å²) in [6.45, 7) is 0. The van der Waals surface area contributed by atoms with Gasteiger partial charge in [0.2, 0.25) is 0 Å². The zero-order valence-corrected chi connectivity index (χ0v) is 8.85. The molecule has 15 heavy (non-hydrogen) atoms. The van der Waals surface area contributed by atoms with E-state index in [0.717, 1.165) is 12.1 Å². The number of rotatable bonds is 1. The third kappa shape index (κ3) is 2.42. The highest BCUT2D eigenvalue weighted by Gasteiger charge is 2.34. The second kappa shape index (κ2) is 4.11. The lowest BCUT2D eigenvalue weighted by atomic mass is 10.1. The summed E-state index contributed by atoms with van der Waals surface area (Å²) in [6.07, 6.45) is -4.66.